The standard InChI is InChI=1S/C19H22N3O7P/c1-2-28-18(24)19(30(25,26)27)29-10-12-6-7-14(8-12)22-11-21-15-5-3-4-13(9-20)16(15)17(22)23/h3-5,11-12,14,19H,2,6-8,10H2,1H3,(H2,25,26,27). The molecule has 3 atom stereocenters. The van der Waals surface area contributed by atoms with Gasteiger partial charge in [-0.05, 0) is 44.2 Å². The van der Waals surface area contributed by atoms with E-state index >= 15 is 0 Å². The minimum Gasteiger partial charge on any atom is -0.464 e. The summed E-state index contributed by atoms with van der Waals surface area (Å²) in [6.45, 7) is 1.46. The van der Waals surface area contributed by atoms with Gasteiger partial charge in [0.1, 0.15) is 6.07 Å². The lowest BCUT2D eigenvalue weighted by Crippen LogP contribution is -2.29. The molecular formula is C19H22N3O7P. The third-order valence-corrected chi connectivity index (χ3v) is 6.09. The summed E-state index contributed by atoms with van der Waals surface area (Å²) >= 11 is 0. The molecule has 3 rings (SSSR count). The van der Waals surface area contributed by atoms with Gasteiger partial charge in [0.05, 0.1) is 36.0 Å². The first-order chi connectivity index (χ1) is 14.3. The van der Waals surface area contributed by atoms with Gasteiger partial charge < -0.3 is 19.3 Å². The summed E-state index contributed by atoms with van der Waals surface area (Å²) in [7, 11) is -4.83. The maximum absolute atomic E-state index is 12.9. The van der Waals surface area contributed by atoms with Crippen LogP contribution >= 0.6 is 7.60 Å². The van der Waals surface area contributed by atoms with Crippen LogP contribution in [0, 0.1) is 17.2 Å². The van der Waals surface area contributed by atoms with Crippen LogP contribution in [0.3, 0.4) is 0 Å². The van der Waals surface area contributed by atoms with E-state index in [9.17, 15) is 29.2 Å². The summed E-state index contributed by atoms with van der Waals surface area (Å²) in [6, 6.07) is 6.73. The number of rotatable bonds is 7. The maximum Gasteiger partial charge on any atom is 0.365 e. The number of hydrogen-bond donors (Lipinski definition) is 2. The zero-order valence-corrected chi connectivity index (χ0v) is 17.2. The van der Waals surface area contributed by atoms with Crippen molar-refractivity contribution in [3.63, 3.8) is 0 Å². The summed E-state index contributed by atoms with van der Waals surface area (Å²) in [6.07, 6.45) is 3.25. The number of carbonyl (C=O) groups is 1. The molecule has 1 aliphatic rings. The Hall–Kier alpha value is -2.57. The van der Waals surface area contributed by atoms with Crippen LogP contribution in [0.2, 0.25) is 0 Å². The predicted molar refractivity (Wildman–Crippen MR) is 106 cm³/mol. The molecule has 0 aliphatic heterocycles. The molecular weight excluding hydrogens is 413 g/mol. The topological polar surface area (TPSA) is 152 Å². The van der Waals surface area contributed by atoms with Crippen LogP contribution in [0.15, 0.2) is 29.3 Å². The van der Waals surface area contributed by atoms with E-state index in [-0.39, 0.29) is 41.7 Å². The molecule has 0 saturated heterocycles. The molecule has 0 spiro atoms. The summed E-state index contributed by atoms with van der Waals surface area (Å²) in [4.78, 5) is 47.8. The van der Waals surface area contributed by atoms with Crippen LogP contribution in [0.4, 0.5) is 0 Å². The highest BCUT2D eigenvalue weighted by molar-refractivity contribution is 7.53. The zero-order valence-electron chi connectivity index (χ0n) is 16.3. The van der Waals surface area contributed by atoms with E-state index in [1.165, 1.54) is 17.8 Å². The lowest BCUT2D eigenvalue weighted by molar-refractivity contribution is -0.152. The molecule has 1 saturated carbocycles. The molecule has 11 heteroatoms. The first-order valence-corrected chi connectivity index (χ1v) is 11.2. The van der Waals surface area contributed by atoms with Crippen molar-refractivity contribution in [3.8, 4) is 6.07 Å². The Bertz CT molecular complexity index is 1090. The maximum atomic E-state index is 12.9. The first kappa shape index (κ1) is 22.1. The van der Waals surface area contributed by atoms with Gasteiger partial charge in [-0.2, -0.15) is 5.26 Å². The molecule has 1 fully saturated rings. The number of hydrogen-bond acceptors (Lipinski definition) is 7. The third-order valence-electron chi connectivity index (χ3n) is 5.12. The molecule has 1 heterocycles. The van der Waals surface area contributed by atoms with E-state index in [4.69, 9.17) is 4.74 Å². The number of ether oxygens (including phenoxy) is 2. The van der Waals surface area contributed by atoms with E-state index in [1.54, 1.807) is 18.2 Å². The molecule has 0 radical (unpaired) electrons. The molecule has 3 unspecified atom stereocenters. The number of esters is 1. The van der Waals surface area contributed by atoms with Gasteiger partial charge in [0.15, 0.2) is 0 Å². The van der Waals surface area contributed by atoms with Crippen molar-refractivity contribution in [2.75, 3.05) is 13.2 Å². The van der Waals surface area contributed by atoms with E-state index in [1.807, 2.05) is 6.07 Å². The number of fused-ring (bicyclic) bond motifs is 1. The molecule has 30 heavy (non-hydrogen) atoms. The van der Waals surface area contributed by atoms with Crippen molar-refractivity contribution in [1.82, 2.24) is 9.55 Å². The lowest BCUT2D eigenvalue weighted by Gasteiger charge is -2.20. The Balaban J connectivity index is 1.74. The second-order valence-corrected chi connectivity index (χ2v) is 8.78. The summed E-state index contributed by atoms with van der Waals surface area (Å²) in [5, 5.41) is 9.55. The average Bonchev–Trinajstić information content (AvgIpc) is 3.15. The van der Waals surface area contributed by atoms with E-state index in [0.717, 1.165) is 0 Å². The summed E-state index contributed by atoms with van der Waals surface area (Å²) in [5.41, 5.74) is 0.409. The molecule has 1 aromatic carbocycles. The number of carbonyl (C=O) groups excluding carboxylic acids is 1. The largest absolute Gasteiger partial charge is 0.464 e. The predicted octanol–water partition coefficient (Wildman–Crippen LogP) is 1.69. The number of aromatic nitrogens is 2. The van der Waals surface area contributed by atoms with Crippen molar-refractivity contribution in [2.24, 2.45) is 5.92 Å². The quantitative estimate of drug-likeness (QED) is 0.489. The minimum atomic E-state index is -4.83. The highest BCUT2D eigenvalue weighted by Crippen LogP contribution is 2.43. The van der Waals surface area contributed by atoms with E-state index < -0.39 is 19.4 Å². The van der Waals surface area contributed by atoms with Crippen LogP contribution in [0.1, 0.15) is 37.8 Å². The van der Waals surface area contributed by atoms with Crippen molar-refractivity contribution >= 4 is 24.5 Å². The minimum absolute atomic E-state index is 0.0211. The van der Waals surface area contributed by atoms with Crippen LogP contribution in [0.25, 0.3) is 10.9 Å². The molecule has 160 valence electrons. The van der Waals surface area contributed by atoms with Crippen LogP contribution < -0.4 is 5.56 Å². The SMILES string of the molecule is CCOC(=O)C(OCC1CCC(n2cnc3cccc(C#N)c3c2=O)C1)P(=O)(O)O. The van der Waals surface area contributed by atoms with Crippen molar-refractivity contribution in [3.05, 3.63) is 40.4 Å². The van der Waals surface area contributed by atoms with Gasteiger partial charge in [0.2, 0.25) is 0 Å². The van der Waals surface area contributed by atoms with E-state index in [2.05, 4.69) is 9.72 Å². The van der Waals surface area contributed by atoms with Gasteiger partial charge >= 0.3 is 13.6 Å². The fourth-order valence-corrected chi connectivity index (χ4v) is 4.36. The van der Waals surface area contributed by atoms with Gasteiger partial charge in [-0.25, -0.2) is 9.78 Å². The average molecular weight is 435 g/mol. The number of nitrogens with zero attached hydrogens (tertiary/aromatic N) is 3. The normalized spacial score (nSPS) is 20.1. The fourth-order valence-electron chi connectivity index (χ4n) is 3.73. The number of nitriles is 1. The Morgan fingerprint density at radius 2 is 2.20 bits per heavy atom. The van der Waals surface area contributed by atoms with E-state index in [0.29, 0.717) is 24.8 Å². The molecule has 10 nitrogen and oxygen atoms in total. The third kappa shape index (κ3) is 4.60. The molecule has 0 bridgehead atoms. The Kier molecular flexibility index (Phi) is 6.68. The van der Waals surface area contributed by atoms with Crippen molar-refractivity contribution in [1.29, 1.82) is 5.26 Å². The van der Waals surface area contributed by atoms with Gasteiger partial charge in [0, 0.05) is 6.04 Å². The molecule has 2 aromatic rings. The van der Waals surface area contributed by atoms with Crippen LogP contribution in [-0.4, -0.2) is 44.4 Å². The van der Waals surface area contributed by atoms with Crippen molar-refractivity contribution in [2.45, 2.75) is 38.1 Å². The van der Waals surface area contributed by atoms with Crippen LogP contribution in [-0.2, 0) is 18.8 Å². The highest BCUT2D eigenvalue weighted by atomic mass is 31.2. The van der Waals surface area contributed by atoms with Crippen LogP contribution in [0.5, 0.6) is 0 Å². The van der Waals surface area contributed by atoms with Gasteiger partial charge in [-0.3, -0.25) is 13.9 Å². The van der Waals surface area contributed by atoms with Gasteiger partial charge in [-0.15, -0.1) is 0 Å². The highest BCUT2D eigenvalue weighted by Gasteiger charge is 2.39. The second-order valence-electron chi connectivity index (χ2n) is 7.13. The lowest BCUT2D eigenvalue weighted by atomic mass is 10.1. The Morgan fingerprint density at radius 1 is 1.43 bits per heavy atom. The summed E-state index contributed by atoms with van der Waals surface area (Å²) in [5.74, 6) is -3.16. The first-order valence-electron chi connectivity index (χ1n) is 9.49. The zero-order chi connectivity index (χ0) is 21.9. The Morgan fingerprint density at radius 3 is 2.87 bits per heavy atom. The molecule has 1 aromatic heterocycles. The van der Waals surface area contributed by atoms with Crippen molar-refractivity contribution < 1.29 is 28.6 Å². The Labute approximate surface area is 172 Å². The van der Waals surface area contributed by atoms with Gasteiger partial charge in [0.25, 0.3) is 11.4 Å². The monoisotopic (exact) mass is 435 g/mol. The second kappa shape index (κ2) is 9.06. The molecule has 0 amide bonds. The smallest absolute Gasteiger partial charge is 0.365 e. The van der Waals surface area contributed by atoms with Gasteiger partial charge in [-0.1, -0.05) is 6.07 Å². The molecule has 1 aliphatic carbocycles. The number of benzene rings is 1. The summed E-state index contributed by atoms with van der Waals surface area (Å²) < 4.78 is 23.0. The fraction of sp³-hybridized carbons (Fsp3) is 0.474. The molecule has 2 N–H and O–H groups in total.